The van der Waals surface area contributed by atoms with Gasteiger partial charge in [-0.2, -0.15) is 5.10 Å². The zero-order chi connectivity index (χ0) is 19.1. The van der Waals surface area contributed by atoms with E-state index in [0.29, 0.717) is 22.2 Å². The van der Waals surface area contributed by atoms with Crippen LogP contribution >= 0.6 is 11.6 Å². The van der Waals surface area contributed by atoms with E-state index in [2.05, 4.69) is 35.4 Å². The normalized spacial score (nSPS) is 14.7. The van der Waals surface area contributed by atoms with Gasteiger partial charge >= 0.3 is 0 Å². The number of fused-ring (bicyclic) bond motifs is 2. The molecule has 0 aliphatic carbocycles. The first-order valence-corrected chi connectivity index (χ1v) is 9.45. The van der Waals surface area contributed by atoms with Crippen LogP contribution in [0.25, 0.3) is 21.8 Å². The molecule has 1 aliphatic rings. The van der Waals surface area contributed by atoms with Crippen molar-refractivity contribution in [1.29, 1.82) is 0 Å². The molecule has 1 saturated heterocycles. The van der Waals surface area contributed by atoms with Crippen LogP contribution in [0, 0.1) is 6.92 Å². The van der Waals surface area contributed by atoms with E-state index >= 15 is 0 Å². The van der Waals surface area contributed by atoms with E-state index in [-0.39, 0.29) is 0 Å². The van der Waals surface area contributed by atoms with Gasteiger partial charge in [-0.1, -0.05) is 11.6 Å². The molecule has 0 amide bonds. The number of nitrogens with one attached hydrogen (secondary N) is 2. The third-order valence-electron chi connectivity index (χ3n) is 4.93. The van der Waals surface area contributed by atoms with Crippen LogP contribution < -0.4 is 15.0 Å². The smallest absolute Gasteiger partial charge is 0.246 e. The minimum atomic E-state index is 0.395. The van der Waals surface area contributed by atoms with Crippen LogP contribution in [0.5, 0.6) is 11.6 Å². The van der Waals surface area contributed by atoms with Gasteiger partial charge in [0.25, 0.3) is 0 Å². The molecule has 8 nitrogen and oxygen atoms in total. The van der Waals surface area contributed by atoms with Crippen molar-refractivity contribution in [2.75, 3.05) is 31.1 Å². The minimum Gasteiger partial charge on any atom is -0.435 e. The SMILES string of the molecule is Cc1cc2[nH]ncc2c(Oc2nccc3c(N4CCNCC4)ncnc23)c1Cl. The van der Waals surface area contributed by atoms with E-state index in [1.165, 1.54) is 0 Å². The maximum absolute atomic E-state index is 6.54. The number of hydrogen-bond donors (Lipinski definition) is 2. The number of halogens is 1. The predicted octanol–water partition coefficient (Wildman–Crippen LogP) is 3.06. The van der Waals surface area contributed by atoms with E-state index in [4.69, 9.17) is 16.3 Å². The number of rotatable bonds is 3. The number of hydrogen-bond acceptors (Lipinski definition) is 7. The van der Waals surface area contributed by atoms with E-state index in [1.807, 2.05) is 19.1 Å². The summed E-state index contributed by atoms with van der Waals surface area (Å²) < 4.78 is 6.19. The Morgan fingerprint density at radius 2 is 2.00 bits per heavy atom. The number of aromatic nitrogens is 5. The monoisotopic (exact) mass is 395 g/mol. The number of anilines is 1. The quantitative estimate of drug-likeness (QED) is 0.550. The Morgan fingerprint density at radius 1 is 1.14 bits per heavy atom. The number of benzene rings is 1. The summed E-state index contributed by atoms with van der Waals surface area (Å²) in [6.45, 7) is 5.57. The second kappa shape index (κ2) is 6.88. The van der Waals surface area contributed by atoms with Crippen LogP contribution in [0.4, 0.5) is 5.82 Å². The first-order valence-electron chi connectivity index (χ1n) is 9.08. The molecular formula is C19H18ClN7O. The van der Waals surface area contributed by atoms with Crippen LogP contribution in [0.15, 0.2) is 30.9 Å². The maximum atomic E-state index is 6.54. The summed E-state index contributed by atoms with van der Waals surface area (Å²) in [5.74, 6) is 1.81. The Morgan fingerprint density at radius 3 is 2.86 bits per heavy atom. The number of nitrogens with zero attached hydrogens (tertiary/aromatic N) is 5. The molecule has 9 heteroatoms. The number of pyridine rings is 1. The molecule has 1 aliphatic heterocycles. The average molecular weight is 396 g/mol. The lowest BCUT2D eigenvalue weighted by Crippen LogP contribution is -2.44. The standard InChI is InChI=1S/C19H18ClN7O/c1-11-8-14-13(9-25-26-14)17(15(11)20)28-19-16-12(2-3-22-19)18(24-10-23-16)27-6-4-21-5-7-27/h2-3,8-10,21H,4-7H2,1H3,(H,25,26). The molecule has 0 spiro atoms. The van der Waals surface area contributed by atoms with Crippen molar-refractivity contribution in [3.8, 4) is 11.6 Å². The van der Waals surface area contributed by atoms with Gasteiger partial charge in [0.2, 0.25) is 5.88 Å². The van der Waals surface area contributed by atoms with Crippen molar-refractivity contribution in [2.45, 2.75) is 6.92 Å². The summed E-state index contributed by atoms with van der Waals surface area (Å²) in [5, 5.41) is 12.6. The largest absolute Gasteiger partial charge is 0.435 e. The molecule has 0 bridgehead atoms. The fraction of sp³-hybridized carbons (Fsp3) is 0.263. The van der Waals surface area contributed by atoms with Crippen molar-refractivity contribution in [3.63, 3.8) is 0 Å². The Hall–Kier alpha value is -2.97. The van der Waals surface area contributed by atoms with Gasteiger partial charge in [0.1, 0.15) is 17.7 Å². The summed E-state index contributed by atoms with van der Waals surface area (Å²) in [6, 6.07) is 3.86. The highest BCUT2D eigenvalue weighted by molar-refractivity contribution is 6.34. The molecule has 28 heavy (non-hydrogen) atoms. The summed E-state index contributed by atoms with van der Waals surface area (Å²) in [7, 11) is 0. The molecule has 0 unspecified atom stereocenters. The van der Waals surface area contributed by atoms with E-state index < -0.39 is 0 Å². The molecule has 2 N–H and O–H groups in total. The number of aryl methyl sites for hydroxylation is 1. The Kier molecular flexibility index (Phi) is 4.22. The number of ether oxygens (including phenoxy) is 1. The Bertz CT molecular complexity index is 1170. The molecule has 4 aromatic rings. The maximum Gasteiger partial charge on any atom is 0.246 e. The second-order valence-electron chi connectivity index (χ2n) is 6.72. The van der Waals surface area contributed by atoms with Crippen LogP contribution in [-0.2, 0) is 0 Å². The zero-order valence-corrected chi connectivity index (χ0v) is 16.0. The van der Waals surface area contributed by atoms with E-state index in [0.717, 1.165) is 53.8 Å². The molecule has 1 fully saturated rings. The van der Waals surface area contributed by atoms with Gasteiger partial charge in [0.05, 0.1) is 22.1 Å². The molecule has 0 radical (unpaired) electrons. The Balaban J connectivity index is 1.63. The highest BCUT2D eigenvalue weighted by atomic mass is 35.5. The van der Waals surface area contributed by atoms with Gasteiger partial charge in [0, 0.05) is 37.8 Å². The molecule has 142 valence electrons. The van der Waals surface area contributed by atoms with Gasteiger partial charge in [-0.05, 0) is 24.6 Å². The molecule has 0 atom stereocenters. The highest BCUT2D eigenvalue weighted by Crippen LogP contribution is 2.39. The lowest BCUT2D eigenvalue weighted by atomic mass is 10.1. The third-order valence-corrected chi connectivity index (χ3v) is 5.40. The van der Waals surface area contributed by atoms with Crippen LogP contribution in [0.1, 0.15) is 5.56 Å². The van der Waals surface area contributed by atoms with Gasteiger partial charge < -0.3 is 15.0 Å². The van der Waals surface area contributed by atoms with Crippen LogP contribution in [0.3, 0.4) is 0 Å². The van der Waals surface area contributed by atoms with Gasteiger partial charge in [-0.15, -0.1) is 0 Å². The van der Waals surface area contributed by atoms with Gasteiger partial charge in [0.15, 0.2) is 5.75 Å². The fourth-order valence-corrected chi connectivity index (χ4v) is 3.71. The fourth-order valence-electron chi connectivity index (χ4n) is 3.51. The van der Waals surface area contributed by atoms with Crippen molar-refractivity contribution in [2.24, 2.45) is 0 Å². The summed E-state index contributed by atoms with van der Waals surface area (Å²) in [5.41, 5.74) is 2.40. The topological polar surface area (TPSA) is 91.8 Å². The van der Waals surface area contributed by atoms with Crippen LogP contribution in [0.2, 0.25) is 5.02 Å². The molecular weight excluding hydrogens is 378 g/mol. The zero-order valence-electron chi connectivity index (χ0n) is 15.2. The molecule has 1 aromatic carbocycles. The highest BCUT2D eigenvalue weighted by Gasteiger charge is 2.19. The lowest BCUT2D eigenvalue weighted by Gasteiger charge is -2.29. The molecule has 4 heterocycles. The van der Waals surface area contributed by atoms with Crippen molar-refractivity contribution >= 4 is 39.2 Å². The average Bonchev–Trinajstić information content (AvgIpc) is 3.19. The lowest BCUT2D eigenvalue weighted by molar-refractivity contribution is 0.473. The molecule has 3 aromatic heterocycles. The van der Waals surface area contributed by atoms with Crippen molar-refractivity contribution < 1.29 is 4.74 Å². The summed E-state index contributed by atoms with van der Waals surface area (Å²) in [4.78, 5) is 15.6. The van der Waals surface area contributed by atoms with Gasteiger partial charge in [-0.3, -0.25) is 5.10 Å². The third kappa shape index (κ3) is 2.81. The number of H-pyrrole nitrogens is 1. The first kappa shape index (κ1) is 17.2. The second-order valence-corrected chi connectivity index (χ2v) is 7.09. The van der Waals surface area contributed by atoms with Gasteiger partial charge in [-0.25, -0.2) is 15.0 Å². The van der Waals surface area contributed by atoms with Crippen LogP contribution in [-0.4, -0.2) is 51.3 Å². The summed E-state index contributed by atoms with van der Waals surface area (Å²) in [6.07, 6.45) is 4.96. The Labute approximate surface area is 165 Å². The van der Waals surface area contributed by atoms with E-state index in [1.54, 1.807) is 18.7 Å². The van der Waals surface area contributed by atoms with Crippen molar-refractivity contribution in [1.82, 2.24) is 30.5 Å². The number of piperazine rings is 1. The first-order chi connectivity index (χ1) is 13.7. The molecule has 0 saturated carbocycles. The molecule has 5 rings (SSSR count). The minimum absolute atomic E-state index is 0.395. The summed E-state index contributed by atoms with van der Waals surface area (Å²) >= 11 is 6.54. The number of aromatic amines is 1. The predicted molar refractivity (Wildman–Crippen MR) is 108 cm³/mol. The van der Waals surface area contributed by atoms with E-state index in [9.17, 15) is 0 Å². The van der Waals surface area contributed by atoms with Crippen molar-refractivity contribution in [3.05, 3.63) is 41.4 Å².